The Hall–Kier alpha value is -1.59. The first kappa shape index (κ1) is 14.8. The van der Waals surface area contributed by atoms with Crippen LogP contribution in [0.4, 0.5) is 11.4 Å². The quantitative estimate of drug-likeness (QED) is 0.880. The molecule has 1 amide bonds. The summed E-state index contributed by atoms with van der Waals surface area (Å²) in [5.74, 6) is -0.174. The second kappa shape index (κ2) is 6.24. The SMILES string of the molecule is CC1CN(c2ccccc2NC(=O)C(C)N)CC(C)O1. The number of anilines is 2. The van der Waals surface area contributed by atoms with Crippen molar-refractivity contribution < 1.29 is 9.53 Å². The molecule has 0 aromatic heterocycles. The van der Waals surface area contributed by atoms with E-state index in [1.165, 1.54) is 0 Å². The van der Waals surface area contributed by atoms with Crippen molar-refractivity contribution in [1.82, 2.24) is 0 Å². The minimum absolute atomic E-state index is 0.174. The number of nitrogens with one attached hydrogen (secondary N) is 1. The zero-order valence-corrected chi connectivity index (χ0v) is 12.3. The van der Waals surface area contributed by atoms with Crippen LogP contribution in [0.3, 0.4) is 0 Å². The second-order valence-electron chi connectivity index (χ2n) is 5.46. The van der Waals surface area contributed by atoms with Crippen molar-refractivity contribution in [3.8, 4) is 0 Å². The lowest BCUT2D eigenvalue weighted by Gasteiger charge is -2.37. The normalized spacial score (nSPS) is 24.3. The van der Waals surface area contributed by atoms with Crippen molar-refractivity contribution in [2.45, 2.75) is 39.0 Å². The van der Waals surface area contributed by atoms with Crippen molar-refractivity contribution in [1.29, 1.82) is 0 Å². The van der Waals surface area contributed by atoms with E-state index in [-0.39, 0.29) is 18.1 Å². The Bertz CT molecular complexity index is 466. The van der Waals surface area contributed by atoms with E-state index in [4.69, 9.17) is 10.5 Å². The van der Waals surface area contributed by atoms with Crippen LogP contribution in [-0.4, -0.2) is 37.2 Å². The molecule has 1 aliphatic heterocycles. The van der Waals surface area contributed by atoms with E-state index in [1.54, 1.807) is 6.92 Å². The van der Waals surface area contributed by atoms with Crippen LogP contribution in [0.25, 0.3) is 0 Å². The molecule has 0 radical (unpaired) electrons. The third-order valence-corrected chi connectivity index (χ3v) is 3.34. The van der Waals surface area contributed by atoms with Crippen LogP contribution in [0.2, 0.25) is 0 Å². The fourth-order valence-electron chi connectivity index (χ4n) is 2.48. The van der Waals surface area contributed by atoms with Crippen LogP contribution in [-0.2, 0) is 9.53 Å². The van der Waals surface area contributed by atoms with Crippen LogP contribution in [0.5, 0.6) is 0 Å². The smallest absolute Gasteiger partial charge is 0.241 e. The van der Waals surface area contributed by atoms with Gasteiger partial charge < -0.3 is 20.7 Å². The topological polar surface area (TPSA) is 67.6 Å². The maximum absolute atomic E-state index is 11.8. The summed E-state index contributed by atoms with van der Waals surface area (Å²) in [5, 5.41) is 2.89. The molecule has 110 valence electrons. The summed E-state index contributed by atoms with van der Waals surface area (Å²) in [6, 6.07) is 7.28. The van der Waals surface area contributed by atoms with Crippen LogP contribution in [0.1, 0.15) is 20.8 Å². The minimum Gasteiger partial charge on any atom is -0.372 e. The number of benzene rings is 1. The molecular weight excluding hydrogens is 254 g/mol. The fraction of sp³-hybridized carbons (Fsp3) is 0.533. The predicted molar refractivity (Wildman–Crippen MR) is 80.9 cm³/mol. The number of hydrogen-bond acceptors (Lipinski definition) is 4. The van der Waals surface area contributed by atoms with E-state index in [9.17, 15) is 4.79 Å². The summed E-state index contributed by atoms with van der Waals surface area (Å²) in [5.41, 5.74) is 7.43. The van der Waals surface area contributed by atoms with Gasteiger partial charge in [-0.15, -0.1) is 0 Å². The molecule has 0 saturated carbocycles. The Labute approximate surface area is 120 Å². The van der Waals surface area contributed by atoms with E-state index in [1.807, 2.05) is 24.3 Å². The molecule has 1 aromatic rings. The number of carbonyl (C=O) groups excluding carboxylic acids is 1. The standard InChI is InChI=1S/C15H23N3O2/c1-10-8-18(9-11(2)20-10)14-7-5-4-6-13(14)17-15(19)12(3)16/h4-7,10-12H,8-9,16H2,1-3H3,(H,17,19). The summed E-state index contributed by atoms with van der Waals surface area (Å²) in [7, 11) is 0. The molecule has 20 heavy (non-hydrogen) atoms. The van der Waals surface area contributed by atoms with Crippen LogP contribution in [0.15, 0.2) is 24.3 Å². The first-order valence-corrected chi connectivity index (χ1v) is 7.03. The van der Waals surface area contributed by atoms with Crippen LogP contribution >= 0.6 is 0 Å². The summed E-state index contributed by atoms with van der Waals surface area (Å²) in [4.78, 5) is 14.0. The third kappa shape index (κ3) is 3.49. The van der Waals surface area contributed by atoms with Crippen molar-refractivity contribution in [2.75, 3.05) is 23.3 Å². The highest BCUT2D eigenvalue weighted by molar-refractivity contribution is 5.97. The largest absolute Gasteiger partial charge is 0.372 e. The van der Waals surface area contributed by atoms with Gasteiger partial charge in [-0.25, -0.2) is 0 Å². The van der Waals surface area contributed by atoms with Crippen molar-refractivity contribution in [3.63, 3.8) is 0 Å². The van der Waals surface area contributed by atoms with Gasteiger partial charge in [0.25, 0.3) is 0 Å². The number of ether oxygens (including phenoxy) is 1. The van der Waals surface area contributed by atoms with E-state index >= 15 is 0 Å². The van der Waals surface area contributed by atoms with Gasteiger partial charge in [0.1, 0.15) is 0 Å². The lowest BCUT2D eigenvalue weighted by Crippen LogP contribution is -2.46. The zero-order chi connectivity index (χ0) is 14.7. The van der Waals surface area contributed by atoms with Crippen LogP contribution in [0, 0.1) is 0 Å². The average molecular weight is 277 g/mol. The maximum Gasteiger partial charge on any atom is 0.241 e. The van der Waals surface area contributed by atoms with Gasteiger partial charge in [-0.1, -0.05) is 12.1 Å². The van der Waals surface area contributed by atoms with Gasteiger partial charge in [-0.05, 0) is 32.9 Å². The third-order valence-electron chi connectivity index (χ3n) is 3.34. The molecule has 5 nitrogen and oxygen atoms in total. The highest BCUT2D eigenvalue weighted by Crippen LogP contribution is 2.28. The number of nitrogens with zero attached hydrogens (tertiary/aromatic N) is 1. The number of nitrogens with two attached hydrogens (primary N) is 1. The van der Waals surface area contributed by atoms with Gasteiger partial charge in [-0.2, -0.15) is 0 Å². The van der Waals surface area contributed by atoms with Gasteiger partial charge in [-0.3, -0.25) is 4.79 Å². The Balaban J connectivity index is 2.21. The molecule has 3 atom stereocenters. The van der Waals surface area contributed by atoms with Crippen molar-refractivity contribution in [2.24, 2.45) is 5.73 Å². The van der Waals surface area contributed by atoms with Gasteiger partial charge in [0.15, 0.2) is 0 Å². The number of carbonyl (C=O) groups is 1. The van der Waals surface area contributed by atoms with Gasteiger partial charge >= 0.3 is 0 Å². The molecule has 5 heteroatoms. The highest BCUT2D eigenvalue weighted by atomic mass is 16.5. The van der Waals surface area contributed by atoms with Crippen molar-refractivity contribution in [3.05, 3.63) is 24.3 Å². The van der Waals surface area contributed by atoms with Gasteiger partial charge in [0, 0.05) is 13.1 Å². The summed E-state index contributed by atoms with van der Waals surface area (Å²) < 4.78 is 5.75. The van der Waals surface area contributed by atoms with E-state index in [0.29, 0.717) is 0 Å². The molecule has 3 unspecified atom stereocenters. The highest BCUT2D eigenvalue weighted by Gasteiger charge is 2.24. The molecule has 0 spiro atoms. The zero-order valence-electron chi connectivity index (χ0n) is 12.3. The fourth-order valence-corrected chi connectivity index (χ4v) is 2.48. The molecule has 2 rings (SSSR count). The maximum atomic E-state index is 11.8. The summed E-state index contributed by atoms with van der Waals surface area (Å²) in [6.07, 6.45) is 0.354. The summed E-state index contributed by atoms with van der Waals surface area (Å²) in [6.45, 7) is 7.43. The Morgan fingerprint density at radius 2 is 1.95 bits per heavy atom. The summed E-state index contributed by atoms with van der Waals surface area (Å²) >= 11 is 0. The minimum atomic E-state index is -0.523. The Morgan fingerprint density at radius 3 is 2.55 bits per heavy atom. The predicted octanol–water partition coefficient (Wildman–Crippen LogP) is 1.59. The molecule has 1 aliphatic rings. The number of amides is 1. The number of morpholine rings is 1. The molecule has 3 N–H and O–H groups in total. The second-order valence-corrected chi connectivity index (χ2v) is 5.46. The molecule has 0 aliphatic carbocycles. The molecule has 1 saturated heterocycles. The number of hydrogen-bond donors (Lipinski definition) is 2. The lowest BCUT2D eigenvalue weighted by atomic mass is 10.1. The number of para-hydroxylation sites is 2. The van der Waals surface area contributed by atoms with Crippen molar-refractivity contribution >= 4 is 17.3 Å². The average Bonchev–Trinajstić information content (AvgIpc) is 2.38. The molecule has 0 bridgehead atoms. The molecule has 1 heterocycles. The van der Waals surface area contributed by atoms with Crippen LogP contribution < -0.4 is 16.0 Å². The van der Waals surface area contributed by atoms with E-state index < -0.39 is 6.04 Å². The Morgan fingerprint density at radius 1 is 1.35 bits per heavy atom. The van der Waals surface area contributed by atoms with E-state index in [0.717, 1.165) is 24.5 Å². The molecule has 1 aromatic carbocycles. The number of rotatable bonds is 3. The molecular formula is C15H23N3O2. The first-order valence-electron chi connectivity index (χ1n) is 7.03. The van der Waals surface area contributed by atoms with Gasteiger partial charge in [0.05, 0.1) is 29.6 Å². The van der Waals surface area contributed by atoms with E-state index in [2.05, 4.69) is 24.1 Å². The molecule has 1 fully saturated rings. The Kier molecular flexibility index (Phi) is 4.62. The monoisotopic (exact) mass is 277 g/mol. The lowest BCUT2D eigenvalue weighted by molar-refractivity contribution is -0.117. The first-order chi connectivity index (χ1) is 9.47. The van der Waals surface area contributed by atoms with Gasteiger partial charge in [0.2, 0.25) is 5.91 Å².